The minimum atomic E-state index is -0.710. The Morgan fingerprint density at radius 3 is 2.89 bits per heavy atom. The second-order valence-electron chi connectivity index (χ2n) is 5.08. The van der Waals surface area contributed by atoms with Gasteiger partial charge in [-0.05, 0) is 31.5 Å². The van der Waals surface area contributed by atoms with Gasteiger partial charge in [-0.3, -0.25) is 9.69 Å². The summed E-state index contributed by atoms with van der Waals surface area (Å²) in [6.07, 6.45) is 2.30. The van der Waals surface area contributed by atoms with Gasteiger partial charge in [0.15, 0.2) is 0 Å². The van der Waals surface area contributed by atoms with Crippen molar-refractivity contribution < 1.29 is 9.90 Å². The summed E-state index contributed by atoms with van der Waals surface area (Å²) in [6.45, 7) is 3.68. The van der Waals surface area contributed by atoms with E-state index in [1.165, 1.54) is 5.56 Å². The lowest BCUT2D eigenvalue weighted by Crippen LogP contribution is -2.42. The van der Waals surface area contributed by atoms with Gasteiger partial charge < -0.3 is 10.4 Å². The van der Waals surface area contributed by atoms with E-state index < -0.39 is 5.97 Å². The minimum absolute atomic E-state index is 0.115. The minimum Gasteiger partial charge on any atom is -0.481 e. The van der Waals surface area contributed by atoms with Crippen molar-refractivity contribution in [2.75, 3.05) is 26.2 Å². The molecule has 2 N–H and O–H groups in total. The molecule has 0 spiro atoms. The number of nitrogens with one attached hydrogen (secondary N) is 1. The third kappa shape index (κ3) is 4.65. The molecule has 0 amide bonds. The molecule has 1 aliphatic heterocycles. The lowest BCUT2D eigenvalue weighted by molar-refractivity contribution is -0.138. The van der Waals surface area contributed by atoms with Gasteiger partial charge in [0, 0.05) is 19.1 Å². The smallest absolute Gasteiger partial charge is 0.304 e. The maximum absolute atomic E-state index is 10.9. The molecule has 19 heavy (non-hydrogen) atoms. The number of carboxylic acid groups (broad SMARTS) is 1. The van der Waals surface area contributed by atoms with E-state index in [1.807, 2.05) is 18.2 Å². The molecule has 1 atom stereocenters. The molecule has 4 nitrogen and oxygen atoms in total. The zero-order chi connectivity index (χ0) is 13.5. The highest BCUT2D eigenvalue weighted by molar-refractivity contribution is 5.67. The highest BCUT2D eigenvalue weighted by atomic mass is 16.4. The molecule has 0 saturated carbocycles. The van der Waals surface area contributed by atoms with Crippen LogP contribution in [0.1, 0.15) is 18.4 Å². The first kappa shape index (κ1) is 14.0. The molecular weight excluding hydrogens is 240 g/mol. The van der Waals surface area contributed by atoms with Crippen LogP contribution in [0, 0.1) is 0 Å². The first-order valence-electron chi connectivity index (χ1n) is 6.96. The van der Waals surface area contributed by atoms with Gasteiger partial charge in [-0.1, -0.05) is 30.3 Å². The van der Waals surface area contributed by atoms with Crippen molar-refractivity contribution in [3.05, 3.63) is 35.9 Å². The average molecular weight is 262 g/mol. The molecule has 1 saturated heterocycles. The van der Waals surface area contributed by atoms with Crippen LogP contribution in [0.2, 0.25) is 0 Å². The molecule has 1 aromatic carbocycles. The normalized spacial score (nSPS) is 20.9. The van der Waals surface area contributed by atoms with Crippen molar-refractivity contribution in [3.8, 4) is 0 Å². The Hall–Kier alpha value is -1.39. The van der Waals surface area contributed by atoms with Crippen molar-refractivity contribution in [2.45, 2.75) is 25.3 Å². The number of hydrogen-bond donors (Lipinski definition) is 2. The standard InChI is InChI=1S/C15H22N2O2/c18-15(19)11-14-12-16-8-4-9-17(14)10-7-13-5-2-1-3-6-13/h1-3,5-6,14,16H,4,7-12H2,(H,18,19). The van der Waals surface area contributed by atoms with Gasteiger partial charge in [-0.2, -0.15) is 0 Å². The molecule has 4 heteroatoms. The molecule has 0 radical (unpaired) electrons. The monoisotopic (exact) mass is 262 g/mol. The summed E-state index contributed by atoms with van der Waals surface area (Å²) in [5.41, 5.74) is 1.31. The van der Waals surface area contributed by atoms with E-state index in [-0.39, 0.29) is 12.5 Å². The maximum atomic E-state index is 10.9. The van der Waals surface area contributed by atoms with Crippen LogP contribution in [0.25, 0.3) is 0 Å². The third-order valence-electron chi connectivity index (χ3n) is 3.64. The Morgan fingerprint density at radius 2 is 2.16 bits per heavy atom. The van der Waals surface area contributed by atoms with Gasteiger partial charge in [0.05, 0.1) is 6.42 Å². The van der Waals surface area contributed by atoms with E-state index in [0.717, 1.165) is 39.0 Å². The molecule has 0 aliphatic carbocycles. The Balaban J connectivity index is 1.92. The van der Waals surface area contributed by atoms with Crippen molar-refractivity contribution >= 4 is 5.97 Å². The summed E-state index contributed by atoms with van der Waals surface area (Å²) in [5.74, 6) is -0.710. The fourth-order valence-corrected chi connectivity index (χ4v) is 2.60. The van der Waals surface area contributed by atoms with Crippen molar-refractivity contribution in [3.63, 3.8) is 0 Å². The maximum Gasteiger partial charge on any atom is 0.304 e. The first-order valence-corrected chi connectivity index (χ1v) is 6.96. The number of benzene rings is 1. The fraction of sp³-hybridized carbons (Fsp3) is 0.533. The molecular formula is C15H22N2O2. The lowest BCUT2D eigenvalue weighted by Gasteiger charge is -2.28. The largest absolute Gasteiger partial charge is 0.481 e. The van der Waals surface area contributed by atoms with E-state index in [9.17, 15) is 4.79 Å². The Labute approximate surface area is 114 Å². The molecule has 1 aliphatic rings. The zero-order valence-corrected chi connectivity index (χ0v) is 11.2. The topological polar surface area (TPSA) is 52.6 Å². The van der Waals surface area contributed by atoms with E-state index >= 15 is 0 Å². The van der Waals surface area contributed by atoms with Gasteiger partial charge in [-0.15, -0.1) is 0 Å². The number of hydrogen-bond acceptors (Lipinski definition) is 3. The van der Waals surface area contributed by atoms with Crippen LogP contribution < -0.4 is 5.32 Å². The number of rotatable bonds is 5. The Morgan fingerprint density at radius 1 is 1.37 bits per heavy atom. The average Bonchev–Trinajstić information content (AvgIpc) is 2.62. The molecule has 1 aromatic rings. The number of aliphatic carboxylic acids is 1. The summed E-state index contributed by atoms with van der Waals surface area (Å²) in [5, 5.41) is 12.3. The summed E-state index contributed by atoms with van der Waals surface area (Å²) < 4.78 is 0. The summed E-state index contributed by atoms with van der Waals surface area (Å²) in [6, 6.07) is 10.5. The predicted molar refractivity (Wildman–Crippen MR) is 75.2 cm³/mol. The Bertz CT molecular complexity index is 394. The van der Waals surface area contributed by atoms with Crippen LogP contribution in [0.4, 0.5) is 0 Å². The van der Waals surface area contributed by atoms with Crippen LogP contribution in [-0.2, 0) is 11.2 Å². The van der Waals surface area contributed by atoms with Crippen LogP contribution in [0.5, 0.6) is 0 Å². The summed E-state index contributed by atoms with van der Waals surface area (Å²) >= 11 is 0. The molecule has 104 valence electrons. The van der Waals surface area contributed by atoms with Gasteiger partial charge in [0.1, 0.15) is 0 Å². The van der Waals surface area contributed by atoms with Crippen LogP contribution >= 0.6 is 0 Å². The van der Waals surface area contributed by atoms with Gasteiger partial charge in [0.2, 0.25) is 0 Å². The molecule has 1 unspecified atom stereocenters. The number of carbonyl (C=O) groups is 1. The second-order valence-corrected chi connectivity index (χ2v) is 5.08. The first-order chi connectivity index (χ1) is 9.25. The molecule has 1 fully saturated rings. The molecule has 0 aromatic heterocycles. The lowest BCUT2D eigenvalue weighted by atomic mass is 10.1. The number of nitrogens with zero attached hydrogens (tertiary/aromatic N) is 1. The second kappa shape index (κ2) is 7.26. The number of carboxylic acids is 1. The zero-order valence-electron chi connectivity index (χ0n) is 11.2. The highest BCUT2D eigenvalue weighted by Gasteiger charge is 2.22. The van der Waals surface area contributed by atoms with Crippen LogP contribution in [0.3, 0.4) is 0 Å². The van der Waals surface area contributed by atoms with E-state index in [4.69, 9.17) is 5.11 Å². The summed E-state index contributed by atoms with van der Waals surface area (Å²) in [7, 11) is 0. The summed E-state index contributed by atoms with van der Waals surface area (Å²) in [4.78, 5) is 13.3. The molecule has 0 bridgehead atoms. The fourth-order valence-electron chi connectivity index (χ4n) is 2.60. The van der Waals surface area contributed by atoms with Gasteiger partial charge >= 0.3 is 5.97 Å². The van der Waals surface area contributed by atoms with Crippen molar-refractivity contribution in [1.82, 2.24) is 10.2 Å². The van der Waals surface area contributed by atoms with Gasteiger partial charge in [-0.25, -0.2) is 0 Å². The van der Waals surface area contributed by atoms with E-state index in [1.54, 1.807) is 0 Å². The third-order valence-corrected chi connectivity index (χ3v) is 3.64. The Kier molecular flexibility index (Phi) is 5.36. The van der Waals surface area contributed by atoms with E-state index in [0.29, 0.717) is 0 Å². The molecule has 2 rings (SSSR count). The van der Waals surface area contributed by atoms with Crippen LogP contribution in [0.15, 0.2) is 30.3 Å². The SMILES string of the molecule is O=C(O)CC1CNCCCN1CCc1ccccc1. The van der Waals surface area contributed by atoms with Crippen LogP contribution in [-0.4, -0.2) is 48.2 Å². The quantitative estimate of drug-likeness (QED) is 0.841. The van der Waals surface area contributed by atoms with Gasteiger partial charge in [0.25, 0.3) is 0 Å². The highest BCUT2D eigenvalue weighted by Crippen LogP contribution is 2.10. The molecule has 1 heterocycles. The predicted octanol–water partition coefficient (Wildman–Crippen LogP) is 1.37. The van der Waals surface area contributed by atoms with E-state index in [2.05, 4.69) is 22.3 Å². The van der Waals surface area contributed by atoms with Crippen molar-refractivity contribution in [1.29, 1.82) is 0 Å². The van der Waals surface area contributed by atoms with Crippen molar-refractivity contribution in [2.24, 2.45) is 0 Å².